The number of likely N-dealkylation sites (tertiary alicyclic amines) is 1. The van der Waals surface area contributed by atoms with Gasteiger partial charge in [-0.05, 0) is 25.3 Å². The van der Waals surface area contributed by atoms with Gasteiger partial charge in [0.1, 0.15) is 0 Å². The highest BCUT2D eigenvalue weighted by Gasteiger charge is 2.17. The third-order valence-electron chi connectivity index (χ3n) is 3.57. The van der Waals surface area contributed by atoms with E-state index in [1.54, 1.807) is 0 Å². The van der Waals surface area contributed by atoms with Gasteiger partial charge in [0.25, 0.3) is 0 Å². The van der Waals surface area contributed by atoms with E-state index in [2.05, 4.69) is 29.3 Å². The average Bonchev–Trinajstić information content (AvgIpc) is 2.39. The smallest absolute Gasteiger partial charge is 0.234 e. The van der Waals surface area contributed by atoms with Gasteiger partial charge in [-0.25, -0.2) is 0 Å². The van der Waals surface area contributed by atoms with Crippen molar-refractivity contribution in [1.29, 1.82) is 0 Å². The molecule has 1 aromatic rings. The maximum absolute atomic E-state index is 11.9. The normalized spacial score (nSPS) is 17.4. The molecule has 1 aliphatic rings. The Morgan fingerprint density at radius 3 is 2.84 bits per heavy atom. The number of nitrogens with one attached hydrogen (secondary N) is 1. The first-order valence-electron chi connectivity index (χ1n) is 6.93. The summed E-state index contributed by atoms with van der Waals surface area (Å²) >= 11 is 0. The van der Waals surface area contributed by atoms with Crippen LogP contribution in [0.1, 0.15) is 24.0 Å². The molecule has 4 nitrogen and oxygen atoms in total. The molecule has 0 unspecified atom stereocenters. The van der Waals surface area contributed by atoms with Crippen molar-refractivity contribution in [3.63, 3.8) is 0 Å². The Balaban J connectivity index is 1.73. The number of nitrogens with two attached hydrogens (primary N) is 1. The first-order valence-corrected chi connectivity index (χ1v) is 6.93. The molecule has 0 aromatic heterocycles. The van der Waals surface area contributed by atoms with Crippen LogP contribution in [0.5, 0.6) is 0 Å². The van der Waals surface area contributed by atoms with Crippen molar-refractivity contribution in [2.24, 2.45) is 5.73 Å². The van der Waals surface area contributed by atoms with E-state index in [4.69, 9.17) is 5.73 Å². The fraction of sp³-hybridized carbons (Fsp3) is 0.533. The maximum atomic E-state index is 11.9. The molecule has 1 heterocycles. The zero-order valence-corrected chi connectivity index (χ0v) is 11.6. The molecule has 1 fully saturated rings. The largest absolute Gasteiger partial charge is 0.351 e. The molecule has 1 aliphatic heterocycles. The number of amides is 1. The van der Waals surface area contributed by atoms with Gasteiger partial charge in [0, 0.05) is 25.7 Å². The minimum absolute atomic E-state index is 0.0944. The van der Waals surface area contributed by atoms with E-state index in [9.17, 15) is 4.79 Å². The highest BCUT2D eigenvalue weighted by atomic mass is 16.2. The van der Waals surface area contributed by atoms with Gasteiger partial charge >= 0.3 is 0 Å². The van der Waals surface area contributed by atoms with Crippen LogP contribution in [0.4, 0.5) is 0 Å². The molecule has 1 amide bonds. The number of carbonyl (C=O) groups excluding carboxylic acids is 1. The summed E-state index contributed by atoms with van der Waals surface area (Å²) in [4.78, 5) is 14.0. The van der Waals surface area contributed by atoms with Crippen LogP contribution in [0.25, 0.3) is 0 Å². The van der Waals surface area contributed by atoms with E-state index in [1.807, 2.05) is 12.1 Å². The van der Waals surface area contributed by atoms with E-state index in [1.165, 1.54) is 5.56 Å². The van der Waals surface area contributed by atoms with E-state index >= 15 is 0 Å². The molecule has 0 bridgehead atoms. The van der Waals surface area contributed by atoms with Gasteiger partial charge in [0.2, 0.25) is 5.91 Å². The summed E-state index contributed by atoms with van der Waals surface area (Å²) in [5.41, 5.74) is 8.22. The standard InChI is InChI=1S/C15H23N3O/c1-12-3-2-4-13(9-12)10-17-15(19)11-18-7-5-14(16)6-8-18/h2-4,9,14H,5-8,10-11,16H2,1H3,(H,17,19). The lowest BCUT2D eigenvalue weighted by Gasteiger charge is -2.29. The Morgan fingerprint density at radius 2 is 2.16 bits per heavy atom. The van der Waals surface area contributed by atoms with Crippen LogP contribution < -0.4 is 11.1 Å². The molecule has 104 valence electrons. The van der Waals surface area contributed by atoms with Crippen LogP contribution in [0.2, 0.25) is 0 Å². The molecular weight excluding hydrogens is 238 g/mol. The fourth-order valence-corrected chi connectivity index (χ4v) is 2.39. The van der Waals surface area contributed by atoms with Gasteiger partial charge in [-0.1, -0.05) is 29.8 Å². The van der Waals surface area contributed by atoms with E-state index in [-0.39, 0.29) is 5.91 Å². The Kier molecular flexibility index (Phi) is 4.93. The number of rotatable bonds is 4. The van der Waals surface area contributed by atoms with E-state index in [0.29, 0.717) is 19.1 Å². The van der Waals surface area contributed by atoms with E-state index in [0.717, 1.165) is 31.5 Å². The second kappa shape index (κ2) is 6.68. The fourth-order valence-electron chi connectivity index (χ4n) is 2.39. The average molecular weight is 261 g/mol. The predicted octanol–water partition coefficient (Wildman–Crippen LogP) is 1.03. The van der Waals surface area contributed by atoms with Gasteiger partial charge < -0.3 is 11.1 Å². The van der Waals surface area contributed by atoms with Crippen molar-refractivity contribution in [2.45, 2.75) is 32.4 Å². The molecule has 1 saturated heterocycles. The molecular formula is C15H23N3O. The van der Waals surface area contributed by atoms with Crippen LogP contribution in [0.15, 0.2) is 24.3 Å². The zero-order valence-electron chi connectivity index (χ0n) is 11.6. The van der Waals surface area contributed by atoms with Crippen LogP contribution in [-0.4, -0.2) is 36.5 Å². The molecule has 0 radical (unpaired) electrons. The number of hydrogen-bond donors (Lipinski definition) is 2. The van der Waals surface area contributed by atoms with E-state index < -0.39 is 0 Å². The number of piperidine rings is 1. The second-order valence-electron chi connectivity index (χ2n) is 5.38. The van der Waals surface area contributed by atoms with Crippen LogP contribution in [0.3, 0.4) is 0 Å². The van der Waals surface area contributed by atoms with Crippen LogP contribution in [0, 0.1) is 6.92 Å². The highest BCUT2D eigenvalue weighted by molar-refractivity contribution is 5.78. The van der Waals surface area contributed by atoms with Crippen molar-refractivity contribution < 1.29 is 4.79 Å². The minimum atomic E-state index is 0.0944. The lowest BCUT2D eigenvalue weighted by molar-refractivity contribution is -0.122. The summed E-state index contributed by atoms with van der Waals surface area (Å²) in [6, 6.07) is 8.52. The SMILES string of the molecule is Cc1cccc(CNC(=O)CN2CCC(N)CC2)c1. The Labute approximate surface area is 115 Å². The molecule has 4 heteroatoms. The van der Waals surface area contributed by atoms with Crippen molar-refractivity contribution in [3.05, 3.63) is 35.4 Å². The monoisotopic (exact) mass is 261 g/mol. The van der Waals surface area contributed by atoms with Crippen molar-refractivity contribution in [1.82, 2.24) is 10.2 Å². The summed E-state index contributed by atoms with van der Waals surface area (Å²) in [5, 5.41) is 2.97. The predicted molar refractivity (Wildman–Crippen MR) is 76.7 cm³/mol. The third kappa shape index (κ3) is 4.65. The van der Waals surface area contributed by atoms with Gasteiger partial charge in [-0.15, -0.1) is 0 Å². The molecule has 1 aromatic carbocycles. The van der Waals surface area contributed by atoms with Crippen molar-refractivity contribution >= 4 is 5.91 Å². The summed E-state index contributed by atoms with van der Waals surface area (Å²) in [6.07, 6.45) is 1.98. The Hall–Kier alpha value is -1.39. The summed E-state index contributed by atoms with van der Waals surface area (Å²) < 4.78 is 0. The number of hydrogen-bond acceptors (Lipinski definition) is 3. The topological polar surface area (TPSA) is 58.4 Å². The number of nitrogens with zero attached hydrogens (tertiary/aromatic N) is 1. The zero-order chi connectivity index (χ0) is 13.7. The van der Waals surface area contributed by atoms with Gasteiger partial charge in [-0.3, -0.25) is 9.69 Å². The first-order chi connectivity index (χ1) is 9.13. The van der Waals surface area contributed by atoms with Crippen LogP contribution in [-0.2, 0) is 11.3 Å². The van der Waals surface area contributed by atoms with Gasteiger partial charge in [0.05, 0.1) is 6.54 Å². The molecule has 0 atom stereocenters. The quantitative estimate of drug-likeness (QED) is 0.851. The summed E-state index contributed by atoms with van der Waals surface area (Å²) in [6.45, 7) is 5.01. The number of benzene rings is 1. The molecule has 0 aliphatic carbocycles. The molecule has 2 rings (SSSR count). The first kappa shape index (κ1) is 14.0. The Morgan fingerprint density at radius 1 is 1.42 bits per heavy atom. The highest BCUT2D eigenvalue weighted by Crippen LogP contribution is 2.07. The minimum Gasteiger partial charge on any atom is -0.351 e. The Bertz CT molecular complexity index is 425. The van der Waals surface area contributed by atoms with Crippen molar-refractivity contribution in [2.75, 3.05) is 19.6 Å². The van der Waals surface area contributed by atoms with Gasteiger partial charge in [0.15, 0.2) is 0 Å². The molecule has 19 heavy (non-hydrogen) atoms. The maximum Gasteiger partial charge on any atom is 0.234 e. The number of carbonyl (C=O) groups is 1. The van der Waals surface area contributed by atoms with Gasteiger partial charge in [-0.2, -0.15) is 0 Å². The molecule has 0 saturated carbocycles. The number of aryl methyl sites for hydroxylation is 1. The molecule has 3 N–H and O–H groups in total. The third-order valence-corrected chi connectivity index (χ3v) is 3.57. The lowest BCUT2D eigenvalue weighted by atomic mass is 10.1. The summed E-state index contributed by atoms with van der Waals surface area (Å²) in [7, 11) is 0. The van der Waals surface area contributed by atoms with Crippen LogP contribution >= 0.6 is 0 Å². The van der Waals surface area contributed by atoms with Crippen molar-refractivity contribution in [3.8, 4) is 0 Å². The second-order valence-corrected chi connectivity index (χ2v) is 5.38. The summed E-state index contributed by atoms with van der Waals surface area (Å²) in [5.74, 6) is 0.0944. The lowest BCUT2D eigenvalue weighted by Crippen LogP contribution is -2.44. The molecule has 0 spiro atoms.